The Morgan fingerprint density at radius 3 is 2.33 bits per heavy atom. The molecule has 6 nitrogen and oxygen atoms in total. The molecule has 0 aliphatic carbocycles. The van der Waals surface area contributed by atoms with E-state index in [1.807, 2.05) is 0 Å². The molecular weight excluding hydrogens is 228 g/mol. The number of ether oxygens (including phenoxy) is 1. The topological polar surface area (TPSA) is 96.2 Å². The Hall–Kier alpha value is -0.240. The van der Waals surface area contributed by atoms with Gasteiger partial charge in [-0.05, 0) is 6.92 Å². The fraction of sp³-hybridized carbons (Fsp3) is 0.875. The number of carbonyl (C=O) groups excluding carboxylic acids is 1. The molecule has 1 fully saturated rings. The lowest BCUT2D eigenvalue weighted by molar-refractivity contribution is -0.312. The van der Waals surface area contributed by atoms with Gasteiger partial charge in [-0.25, -0.2) is 4.29 Å². The van der Waals surface area contributed by atoms with Gasteiger partial charge in [-0.3, -0.25) is 4.79 Å². The molecular formula is C8H13ClO6. The largest absolute Gasteiger partial charge is 0.388 e. The summed E-state index contributed by atoms with van der Waals surface area (Å²) in [4.78, 5) is 11.3. The van der Waals surface area contributed by atoms with Crippen LogP contribution < -0.4 is 0 Å². The van der Waals surface area contributed by atoms with E-state index in [-0.39, 0.29) is 0 Å². The van der Waals surface area contributed by atoms with Crippen molar-refractivity contribution >= 4 is 17.6 Å². The first-order valence-corrected chi connectivity index (χ1v) is 4.70. The minimum absolute atomic E-state index is 0.692. The fourth-order valence-corrected chi connectivity index (χ4v) is 1.75. The zero-order chi connectivity index (χ0) is 11.8. The standard InChI is InChI=1S/C8H13ClO6/c1-3-5(11)6(12)7(13)8(14-3,15-9)4(2)10/h3,5-7,11-13H,1-2H3/t3-,5+,6+,7-,8-/m1/s1. The van der Waals surface area contributed by atoms with Crippen molar-refractivity contribution in [2.75, 3.05) is 0 Å². The number of halogens is 1. The van der Waals surface area contributed by atoms with E-state index in [1.54, 1.807) is 0 Å². The molecule has 0 radical (unpaired) electrons. The third-order valence-corrected chi connectivity index (χ3v) is 2.74. The predicted molar refractivity (Wildman–Crippen MR) is 48.9 cm³/mol. The summed E-state index contributed by atoms with van der Waals surface area (Å²) in [5.74, 6) is -2.82. The third kappa shape index (κ3) is 1.89. The molecule has 1 saturated heterocycles. The van der Waals surface area contributed by atoms with Crippen LogP contribution in [0.3, 0.4) is 0 Å². The van der Waals surface area contributed by atoms with E-state index in [0.717, 1.165) is 6.92 Å². The molecule has 1 rings (SSSR count). The molecule has 0 aromatic carbocycles. The average Bonchev–Trinajstić information content (AvgIpc) is 2.20. The van der Waals surface area contributed by atoms with Crippen LogP contribution in [0.25, 0.3) is 0 Å². The van der Waals surface area contributed by atoms with E-state index in [1.165, 1.54) is 6.92 Å². The summed E-state index contributed by atoms with van der Waals surface area (Å²) in [5.41, 5.74) is 0. The van der Waals surface area contributed by atoms with Gasteiger partial charge in [-0.1, -0.05) is 0 Å². The molecule has 0 spiro atoms. The lowest BCUT2D eigenvalue weighted by Gasteiger charge is -2.44. The summed E-state index contributed by atoms with van der Waals surface area (Å²) < 4.78 is 9.34. The van der Waals surface area contributed by atoms with Crippen molar-refractivity contribution in [2.24, 2.45) is 0 Å². The highest BCUT2D eigenvalue weighted by Gasteiger charge is 2.57. The molecule has 1 aliphatic rings. The van der Waals surface area contributed by atoms with E-state index in [9.17, 15) is 20.1 Å². The molecule has 5 atom stereocenters. The summed E-state index contributed by atoms with van der Waals surface area (Å²) in [6.45, 7) is 2.52. The zero-order valence-electron chi connectivity index (χ0n) is 8.25. The maximum atomic E-state index is 11.3. The van der Waals surface area contributed by atoms with Gasteiger partial charge in [-0.2, -0.15) is 0 Å². The molecule has 0 amide bonds. The maximum Gasteiger partial charge on any atom is 0.275 e. The molecule has 7 heteroatoms. The fourth-order valence-electron chi connectivity index (χ4n) is 1.51. The summed E-state index contributed by atoms with van der Waals surface area (Å²) in [7, 11) is 0. The molecule has 1 aliphatic heterocycles. The Morgan fingerprint density at radius 2 is 1.93 bits per heavy atom. The van der Waals surface area contributed by atoms with E-state index in [2.05, 4.69) is 4.29 Å². The predicted octanol–water partition coefficient (Wildman–Crippen LogP) is -1.06. The average molecular weight is 241 g/mol. The van der Waals surface area contributed by atoms with Crippen LogP contribution in [0.4, 0.5) is 0 Å². The van der Waals surface area contributed by atoms with Gasteiger partial charge in [0, 0.05) is 6.92 Å². The molecule has 0 aromatic rings. The van der Waals surface area contributed by atoms with E-state index in [4.69, 9.17) is 16.6 Å². The van der Waals surface area contributed by atoms with Crippen LogP contribution in [-0.2, 0) is 13.8 Å². The second-order valence-corrected chi connectivity index (χ2v) is 3.70. The summed E-state index contributed by atoms with van der Waals surface area (Å²) in [6.07, 6.45) is -5.49. The van der Waals surface area contributed by atoms with Crippen molar-refractivity contribution in [2.45, 2.75) is 44.1 Å². The van der Waals surface area contributed by atoms with Crippen molar-refractivity contribution in [3.63, 3.8) is 0 Å². The Balaban J connectivity index is 3.04. The van der Waals surface area contributed by atoms with Crippen LogP contribution in [0, 0.1) is 0 Å². The number of aliphatic hydroxyl groups is 3. The number of aliphatic hydroxyl groups excluding tert-OH is 3. The van der Waals surface area contributed by atoms with Gasteiger partial charge in [0.1, 0.15) is 18.3 Å². The van der Waals surface area contributed by atoms with Gasteiger partial charge in [0.25, 0.3) is 5.79 Å². The van der Waals surface area contributed by atoms with Gasteiger partial charge in [0.05, 0.1) is 18.0 Å². The van der Waals surface area contributed by atoms with Crippen LogP contribution >= 0.6 is 11.9 Å². The van der Waals surface area contributed by atoms with Crippen molar-refractivity contribution in [3.8, 4) is 0 Å². The molecule has 3 N–H and O–H groups in total. The Labute approximate surface area is 91.5 Å². The number of Topliss-reactive ketones (excluding diaryl/α,β-unsaturated/α-hetero) is 1. The molecule has 0 aromatic heterocycles. The molecule has 0 saturated carbocycles. The SMILES string of the molecule is CC(=O)[C@]1(OCl)O[C@H](C)[C@H](O)[C@H](O)[C@H]1O. The smallest absolute Gasteiger partial charge is 0.275 e. The lowest BCUT2D eigenvalue weighted by Crippen LogP contribution is -2.66. The zero-order valence-corrected chi connectivity index (χ0v) is 9.01. The number of hydrogen-bond donors (Lipinski definition) is 3. The van der Waals surface area contributed by atoms with Crippen LogP contribution in [0.5, 0.6) is 0 Å². The molecule has 1 heterocycles. The van der Waals surface area contributed by atoms with Crippen LogP contribution in [0.15, 0.2) is 0 Å². The van der Waals surface area contributed by atoms with Crippen LogP contribution in [0.1, 0.15) is 13.8 Å². The van der Waals surface area contributed by atoms with Crippen LogP contribution in [0.2, 0.25) is 0 Å². The first kappa shape index (κ1) is 12.8. The first-order valence-electron chi connectivity index (χ1n) is 4.39. The first-order chi connectivity index (χ1) is 6.86. The van der Waals surface area contributed by atoms with Gasteiger partial charge in [0.15, 0.2) is 5.78 Å². The van der Waals surface area contributed by atoms with Crippen molar-refractivity contribution < 1.29 is 29.1 Å². The highest BCUT2D eigenvalue weighted by atomic mass is 35.5. The molecule has 15 heavy (non-hydrogen) atoms. The molecule has 88 valence electrons. The minimum atomic E-state index is -2.13. The number of rotatable bonds is 2. The van der Waals surface area contributed by atoms with E-state index < -0.39 is 36.0 Å². The Morgan fingerprint density at radius 1 is 1.40 bits per heavy atom. The highest BCUT2D eigenvalue weighted by Crippen LogP contribution is 2.32. The van der Waals surface area contributed by atoms with Gasteiger partial charge in [0.2, 0.25) is 0 Å². The van der Waals surface area contributed by atoms with Crippen molar-refractivity contribution in [1.82, 2.24) is 0 Å². The van der Waals surface area contributed by atoms with Crippen LogP contribution in [-0.4, -0.2) is 51.3 Å². The molecule has 0 unspecified atom stereocenters. The number of carbonyl (C=O) groups is 1. The second-order valence-electron chi connectivity index (χ2n) is 3.55. The van der Waals surface area contributed by atoms with E-state index in [0.29, 0.717) is 0 Å². The quantitative estimate of drug-likeness (QED) is 0.570. The minimum Gasteiger partial charge on any atom is -0.388 e. The van der Waals surface area contributed by atoms with Crippen molar-refractivity contribution in [1.29, 1.82) is 0 Å². The maximum absolute atomic E-state index is 11.3. The van der Waals surface area contributed by atoms with Crippen molar-refractivity contribution in [3.05, 3.63) is 0 Å². The Kier molecular flexibility index (Phi) is 3.70. The highest BCUT2D eigenvalue weighted by molar-refractivity contribution is 6.09. The normalized spacial score (nSPS) is 46.5. The van der Waals surface area contributed by atoms with Gasteiger partial charge < -0.3 is 20.1 Å². The van der Waals surface area contributed by atoms with Gasteiger partial charge >= 0.3 is 0 Å². The lowest BCUT2D eigenvalue weighted by atomic mass is 9.91. The summed E-state index contributed by atoms with van der Waals surface area (Å²) in [6, 6.07) is 0. The number of hydrogen-bond acceptors (Lipinski definition) is 6. The second kappa shape index (κ2) is 4.32. The Bertz CT molecular complexity index is 260. The number of ketones is 1. The van der Waals surface area contributed by atoms with E-state index >= 15 is 0 Å². The molecule has 0 bridgehead atoms. The summed E-state index contributed by atoms with van der Waals surface area (Å²) >= 11 is 5.11. The summed E-state index contributed by atoms with van der Waals surface area (Å²) in [5, 5.41) is 28.4. The monoisotopic (exact) mass is 240 g/mol. The third-order valence-electron chi connectivity index (χ3n) is 2.51. The van der Waals surface area contributed by atoms with Gasteiger partial charge in [-0.15, -0.1) is 0 Å².